The fraction of sp³-hybridized carbons (Fsp3) is 0.368. The van der Waals surface area contributed by atoms with Gasteiger partial charge in [0.2, 0.25) is 5.91 Å². The van der Waals surface area contributed by atoms with E-state index in [-0.39, 0.29) is 11.8 Å². The zero-order valence-electron chi connectivity index (χ0n) is 13.7. The van der Waals surface area contributed by atoms with Crippen LogP contribution in [0.15, 0.2) is 24.4 Å². The molecule has 3 aromatic rings. The molecule has 1 aromatic carbocycles. The first-order chi connectivity index (χ1) is 12.2. The number of carbonyl (C=O) groups excluding carboxylic acids is 1. The van der Waals surface area contributed by atoms with Gasteiger partial charge < -0.3 is 9.88 Å². The SMILES string of the molecule is N#Cc1ccc2ncc3[nH]c([C@H]4CCN(C(=O)C5CC5)C4)nc3c2c1. The molecule has 1 amide bonds. The molecule has 6 nitrogen and oxygen atoms in total. The minimum Gasteiger partial charge on any atom is -0.342 e. The normalized spacial score (nSPS) is 20.3. The molecule has 0 spiro atoms. The van der Waals surface area contributed by atoms with E-state index in [0.717, 1.165) is 60.1 Å². The van der Waals surface area contributed by atoms with Crippen molar-refractivity contribution in [3.63, 3.8) is 0 Å². The average Bonchev–Trinajstić information content (AvgIpc) is 3.20. The maximum absolute atomic E-state index is 12.3. The zero-order valence-corrected chi connectivity index (χ0v) is 13.7. The molecule has 1 saturated heterocycles. The lowest BCUT2D eigenvalue weighted by Crippen LogP contribution is -2.29. The first kappa shape index (κ1) is 14.4. The highest BCUT2D eigenvalue weighted by Gasteiger charge is 2.37. The summed E-state index contributed by atoms with van der Waals surface area (Å²) in [5.74, 6) is 1.73. The number of fused-ring (bicyclic) bond motifs is 3. The Kier molecular flexibility index (Phi) is 3.04. The number of hydrogen-bond acceptors (Lipinski definition) is 4. The van der Waals surface area contributed by atoms with Gasteiger partial charge in [0.25, 0.3) is 0 Å². The molecule has 25 heavy (non-hydrogen) atoms. The molecule has 0 radical (unpaired) electrons. The molecule has 124 valence electrons. The number of rotatable bonds is 2. The van der Waals surface area contributed by atoms with Gasteiger partial charge in [0.15, 0.2) is 0 Å². The van der Waals surface area contributed by atoms with Gasteiger partial charge in [-0.2, -0.15) is 5.26 Å². The van der Waals surface area contributed by atoms with Crippen LogP contribution in [0.5, 0.6) is 0 Å². The molecule has 0 bridgehead atoms. The first-order valence-electron chi connectivity index (χ1n) is 8.70. The summed E-state index contributed by atoms with van der Waals surface area (Å²) in [5.41, 5.74) is 3.17. The van der Waals surface area contributed by atoms with E-state index in [9.17, 15) is 4.79 Å². The van der Waals surface area contributed by atoms with Gasteiger partial charge in [-0.05, 0) is 37.5 Å². The Morgan fingerprint density at radius 2 is 2.20 bits per heavy atom. The second-order valence-corrected chi connectivity index (χ2v) is 7.03. The van der Waals surface area contributed by atoms with Gasteiger partial charge in [0.05, 0.1) is 34.4 Å². The summed E-state index contributed by atoms with van der Waals surface area (Å²) in [6.07, 6.45) is 4.82. The number of aromatic nitrogens is 3. The Morgan fingerprint density at radius 1 is 1.32 bits per heavy atom. The van der Waals surface area contributed by atoms with Crippen LogP contribution >= 0.6 is 0 Å². The number of H-pyrrole nitrogens is 1. The van der Waals surface area contributed by atoms with E-state index in [4.69, 9.17) is 10.2 Å². The number of nitrogens with zero attached hydrogens (tertiary/aromatic N) is 4. The van der Waals surface area contributed by atoms with E-state index in [1.165, 1.54) is 0 Å². The van der Waals surface area contributed by atoms with Crippen LogP contribution in [-0.4, -0.2) is 38.8 Å². The summed E-state index contributed by atoms with van der Waals surface area (Å²) in [6.45, 7) is 1.55. The quantitative estimate of drug-likeness (QED) is 0.782. The summed E-state index contributed by atoms with van der Waals surface area (Å²) >= 11 is 0. The Hall–Kier alpha value is -2.94. The molecule has 1 saturated carbocycles. The molecule has 1 atom stereocenters. The standard InChI is InChI=1S/C19H17N5O/c20-8-11-1-4-15-14(7-11)17-16(9-21-15)22-18(23-17)13-5-6-24(10-13)19(25)12-2-3-12/h1,4,7,9,12-13H,2-3,5-6,10H2,(H,22,23)/t13-/m0/s1. The number of imidazole rings is 1. The van der Waals surface area contributed by atoms with E-state index in [1.807, 2.05) is 17.0 Å². The molecule has 1 N–H and O–H groups in total. The largest absolute Gasteiger partial charge is 0.342 e. The number of hydrogen-bond donors (Lipinski definition) is 1. The lowest BCUT2D eigenvalue weighted by Gasteiger charge is -2.15. The fourth-order valence-corrected chi connectivity index (χ4v) is 3.71. The molecule has 2 fully saturated rings. The molecule has 6 heteroatoms. The van der Waals surface area contributed by atoms with Crippen molar-refractivity contribution in [1.29, 1.82) is 5.26 Å². The zero-order chi connectivity index (χ0) is 17.0. The predicted molar refractivity (Wildman–Crippen MR) is 92.8 cm³/mol. The van der Waals surface area contributed by atoms with Gasteiger partial charge in [-0.25, -0.2) is 4.98 Å². The molecular formula is C19H17N5O. The molecular weight excluding hydrogens is 314 g/mol. The summed E-state index contributed by atoms with van der Waals surface area (Å²) in [5, 5.41) is 10.0. The molecule has 2 aliphatic rings. The second-order valence-electron chi connectivity index (χ2n) is 7.03. The molecule has 1 aliphatic carbocycles. The van der Waals surface area contributed by atoms with Crippen LogP contribution in [0.25, 0.3) is 21.9 Å². The monoisotopic (exact) mass is 331 g/mol. The van der Waals surface area contributed by atoms with Crippen molar-refractivity contribution in [3.05, 3.63) is 35.8 Å². The predicted octanol–water partition coefficient (Wildman–Crippen LogP) is 2.71. The van der Waals surface area contributed by atoms with Crippen molar-refractivity contribution < 1.29 is 4.79 Å². The van der Waals surface area contributed by atoms with E-state index < -0.39 is 0 Å². The highest BCUT2D eigenvalue weighted by Crippen LogP contribution is 2.35. The lowest BCUT2D eigenvalue weighted by molar-refractivity contribution is -0.131. The summed E-state index contributed by atoms with van der Waals surface area (Å²) in [7, 11) is 0. The number of likely N-dealkylation sites (tertiary alicyclic amines) is 1. The average molecular weight is 331 g/mol. The maximum atomic E-state index is 12.3. The van der Waals surface area contributed by atoms with E-state index in [2.05, 4.69) is 16.0 Å². The third-order valence-electron chi connectivity index (χ3n) is 5.28. The minimum absolute atomic E-state index is 0.240. The summed E-state index contributed by atoms with van der Waals surface area (Å²) in [6, 6.07) is 7.64. The Labute approximate surface area is 144 Å². The van der Waals surface area contributed by atoms with Crippen molar-refractivity contribution in [2.75, 3.05) is 13.1 Å². The number of carbonyl (C=O) groups is 1. The second kappa shape index (κ2) is 5.28. The van der Waals surface area contributed by atoms with Crippen LogP contribution in [0.3, 0.4) is 0 Å². The highest BCUT2D eigenvalue weighted by molar-refractivity contribution is 6.02. The summed E-state index contributed by atoms with van der Waals surface area (Å²) in [4.78, 5) is 26.9. The third kappa shape index (κ3) is 2.35. The topological polar surface area (TPSA) is 85.7 Å². The number of aromatic amines is 1. The van der Waals surface area contributed by atoms with Crippen molar-refractivity contribution in [2.45, 2.75) is 25.2 Å². The minimum atomic E-state index is 0.240. The number of amides is 1. The van der Waals surface area contributed by atoms with Gasteiger partial charge in [-0.1, -0.05) is 0 Å². The third-order valence-corrected chi connectivity index (χ3v) is 5.28. The Bertz CT molecular complexity index is 1040. The number of nitriles is 1. The van der Waals surface area contributed by atoms with Crippen LogP contribution in [0.4, 0.5) is 0 Å². The molecule has 2 aromatic heterocycles. The van der Waals surface area contributed by atoms with Crippen LogP contribution in [0, 0.1) is 17.2 Å². The summed E-state index contributed by atoms with van der Waals surface area (Å²) < 4.78 is 0. The van der Waals surface area contributed by atoms with Crippen molar-refractivity contribution in [1.82, 2.24) is 19.9 Å². The number of benzene rings is 1. The first-order valence-corrected chi connectivity index (χ1v) is 8.70. The Balaban J connectivity index is 1.51. The van der Waals surface area contributed by atoms with Crippen molar-refractivity contribution in [2.24, 2.45) is 5.92 Å². The molecule has 0 unspecified atom stereocenters. The highest BCUT2D eigenvalue weighted by atomic mass is 16.2. The molecule has 5 rings (SSSR count). The van der Waals surface area contributed by atoms with E-state index in [0.29, 0.717) is 11.5 Å². The Morgan fingerprint density at radius 3 is 3.00 bits per heavy atom. The number of pyridine rings is 1. The van der Waals surface area contributed by atoms with Crippen molar-refractivity contribution in [3.8, 4) is 6.07 Å². The number of nitrogens with one attached hydrogen (secondary N) is 1. The molecule has 1 aliphatic heterocycles. The van der Waals surface area contributed by atoms with Crippen molar-refractivity contribution >= 4 is 27.8 Å². The van der Waals surface area contributed by atoms with Crippen LogP contribution in [-0.2, 0) is 4.79 Å². The van der Waals surface area contributed by atoms with Gasteiger partial charge in [-0.15, -0.1) is 0 Å². The maximum Gasteiger partial charge on any atom is 0.225 e. The van der Waals surface area contributed by atoms with Crippen LogP contribution < -0.4 is 0 Å². The van der Waals surface area contributed by atoms with E-state index >= 15 is 0 Å². The van der Waals surface area contributed by atoms with Gasteiger partial charge in [0, 0.05) is 30.3 Å². The van der Waals surface area contributed by atoms with Gasteiger partial charge in [-0.3, -0.25) is 9.78 Å². The van der Waals surface area contributed by atoms with Gasteiger partial charge >= 0.3 is 0 Å². The lowest BCUT2D eigenvalue weighted by atomic mass is 10.1. The molecule has 3 heterocycles. The van der Waals surface area contributed by atoms with Crippen LogP contribution in [0.2, 0.25) is 0 Å². The fourth-order valence-electron chi connectivity index (χ4n) is 3.71. The van der Waals surface area contributed by atoms with Crippen LogP contribution in [0.1, 0.15) is 36.6 Å². The van der Waals surface area contributed by atoms with Gasteiger partial charge in [0.1, 0.15) is 5.82 Å². The van der Waals surface area contributed by atoms with E-state index in [1.54, 1.807) is 12.3 Å². The smallest absolute Gasteiger partial charge is 0.225 e.